The Morgan fingerprint density at radius 3 is 2.56 bits per heavy atom. The second-order valence-corrected chi connectivity index (χ2v) is 6.63. The van der Waals surface area contributed by atoms with Gasteiger partial charge in [0.05, 0.1) is 11.6 Å². The zero-order valence-electron chi connectivity index (χ0n) is 14.8. The van der Waals surface area contributed by atoms with Crippen LogP contribution in [0.25, 0.3) is 10.9 Å². The largest absolute Gasteiger partial charge is 0.488 e. The van der Waals surface area contributed by atoms with Crippen molar-refractivity contribution in [1.82, 2.24) is 9.88 Å². The van der Waals surface area contributed by atoms with E-state index in [0.717, 1.165) is 29.5 Å². The van der Waals surface area contributed by atoms with Crippen molar-refractivity contribution in [3.05, 3.63) is 71.9 Å². The van der Waals surface area contributed by atoms with Crippen molar-refractivity contribution in [1.29, 1.82) is 5.26 Å². The molecule has 0 saturated carbocycles. The number of para-hydroxylation sites is 1. The van der Waals surface area contributed by atoms with Gasteiger partial charge < -0.3 is 9.64 Å². The molecule has 1 fully saturated rings. The second-order valence-electron chi connectivity index (χ2n) is 6.63. The Labute approximate surface area is 157 Å². The van der Waals surface area contributed by atoms with E-state index in [0.29, 0.717) is 24.2 Å². The first-order valence-electron chi connectivity index (χ1n) is 9.04. The van der Waals surface area contributed by atoms with Crippen molar-refractivity contribution < 1.29 is 9.53 Å². The molecule has 5 heteroatoms. The van der Waals surface area contributed by atoms with Crippen LogP contribution in [-0.4, -0.2) is 35.0 Å². The maximum absolute atomic E-state index is 12.6. The van der Waals surface area contributed by atoms with E-state index in [-0.39, 0.29) is 12.0 Å². The molecule has 1 aromatic heterocycles. The Bertz CT molecular complexity index is 995. The van der Waals surface area contributed by atoms with Gasteiger partial charge in [0.2, 0.25) is 0 Å². The molecule has 4 rings (SSSR count). The summed E-state index contributed by atoms with van der Waals surface area (Å²) in [6.45, 7) is 1.31. The first kappa shape index (κ1) is 17.0. The van der Waals surface area contributed by atoms with Crippen molar-refractivity contribution in [2.75, 3.05) is 13.1 Å². The van der Waals surface area contributed by atoms with Crippen LogP contribution in [0.4, 0.5) is 0 Å². The number of likely N-dealkylation sites (tertiary alicyclic amines) is 1. The molecule has 1 saturated heterocycles. The highest BCUT2D eigenvalue weighted by Crippen LogP contribution is 2.26. The quantitative estimate of drug-likeness (QED) is 0.715. The van der Waals surface area contributed by atoms with Gasteiger partial charge in [0.25, 0.3) is 5.91 Å². The van der Waals surface area contributed by atoms with Crippen LogP contribution >= 0.6 is 0 Å². The fourth-order valence-corrected chi connectivity index (χ4v) is 3.40. The van der Waals surface area contributed by atoms with Crippen molar-refractivity contribution in [2.24, 2.45) is 0 Å². The van der Waals surface area contributed by atoms with Gasteiger partial charge in [-0.15, -0.1) is 0 Å². The summed E-state index contributed by atoms with van der Waals surface area (Å²) in [5.41, 5.74) is 2.05. The van der Waals surface area contributed by atoms with Gasteiger partial charge in [-0.1, -0.05) is 18.2 Å². The molecular weight excluding hydrogens is 338 g/mol. The Kier molecular flexibility index (Phi) is 4.71. The second kappa shape index (κ2) is 7.46. The van der Waals surface area contributed by atoms with Gasteiger partial charge in [-0.25, -0.2) is 0 Å². The lowest BCUT2D eigenvalue weighted by molar-refractivity contribution is 0.0597. The molecule has 0 radical (unpaired) electrons. The number of hydrogen-bond donors (Lipinski definition) is 0. The highest BCUT2D eigenvalue weighted by Gasteiger charge is 2.25. The highest BCUT2D eigenvalue weighted by molar-refractivity contribution is 5.94. The number of fused-ring (bicyclic) bond motifs is 1. The van der Waals surface area contributed by atoms with E-state index in [4.69, 9.17) is 10.00 Å². The fraction of sp³-hybridized carbons (Fsp3) is 0.227. The third kappa shape index (κ3) is 3.61. The van der Waals surface area contributed by atoms with Crippen LogP contribution in [0, 0.1) is 11.3 Å². The maximum Gasteiger partial charge on any atom is 0.253 e. The summed E-state index contributed by atoms with van der Waals surface area (Å²) in [4.78, 5) is 18.9. The summed E-state index contributed by atoms with van der Waals surface area (Å²) in [5, 5.41) is 9.93. The summed E-state index contributed by atoms with van der Waals surface area (Å²) >= 11 is 0. The Morgan fingerprint density at radius 1 is 1.07 bits per heavy atom. The van der Waals surface area contributed by atoms with Crippen LogP contribution in [0.1, 0.15) is 28.8 Å². The standard InChI is InChI=1S/C22H19N3O2/c23-15-16-6-8-18(9-7-16)22(26)25-13-10-19(11-14-25)27-20-5-1-3-17-4-2-12-24-21(17)20/h1-9,12,19H,10-11,13-14H2. The number of nitrogens with zero attached hydrogens (tertiary/aromatic N) is 3. The Hall–Kier alpha value is -3.39. The summed E-state index contributed by atoms with van der Waals surface area (Å²) in [7, 11) is 0. The molecule has 0 atom stereocenters. The van der Waals surface area contributed by atoms with E-state index < -0.39 is 0 Å². The Morgan fingerprint density at radius 2 is 1.81 bits per heavy atom. The van der Waals surface area contributed by atoms with Crippen LogP contribution in [0.5, 0.6) is 5.75 Å². The minimum absolute atomic E-state index is 0.00441. The number of rotatable bonds is 3. The third-order valence-electron chi connectivity index (χ3n) is 4.88. The van der Waals surface area contributed by atoms with Crippen LogP contribution in [-0.2, 0) is 0 Å². The molecule has 0 unspecified atom stereocenters. The van der Waals surface area contributed by atoms with Crippen LogP contribution in [0.3, 0.4) is 0 Å². The average molecular weight is 357 g/mol. The summed E-state index contributed by atoms with van der Waals surface area (Å²) in [6.07, 6.45) is 3.41. The number of carbonyl (C=O) groups excluding carboxylic acids is 1. The summed E-state index contributed by atoms with van der Waals surface area (Å²) < 4.78 is 6.20. The molecule has 1 aliphatic rings. The van der Waals surface area contributed by atoms with Gasteiger partial charge in [0.1, 0.15) is 17.4 Å². The molecule has 27 heavy (non-hydrogen) atoms. The average Bonchev–Trinajstić information content (AvgIpc) is 2.74. The van der Waals surface area contributed by atoms with E-state index in [1.54, 1.807) is 30.5 Å². The SMILES string of the molecule is N#Cc1ccc(C(=O)N2CCC(Oc3cccc4cccnc34)CC2)cc1. The smallest absolute Gasteiger partial charge is 0.253 e. The van der Waals surface area contributed by atoms with Crippen LogP contribution in [0.15, 0.2) is 60.8 Å². The van der Waals surface area contributed by atoms with E-state index in [2.05, 4.69) is 11.1 Å². The van der Waals surface area contributed by atoms with E-state index in [9.17, 15) is 4.79 Å². The monoisotopic (exact) mass is 357 g/mol. The number of piperidine rings is 1. The van der Waals surface area contributed by atoms with Gasteiger partial charge in [0.15, 0.2) is 0 Å². The zero-order chi connectivity index (χ0) is 18.6. The van der Waals surface area contributed by atoms with Crippen molar-refractivity contribution in [2.45, 2.75) is 18.9 Å². The molecule has 1 amide bonds. The first-order chi connectivity index (χ1) is 13.2. The van der Waals surface area contributed by atoms with Crippen LogP contribution < -0.4 is 4.74 Å². The normalized spacial score (nSPS) is 14.7. The number of aromatic nitrogens is 1. The molecule has 3 aromatic rings. The minimum Gasteiger partial charge on any atom is -0.488 e. The molecule has 2 aromatic carbocycles. The number of carbonyl (C=O) groups is 1. The molecule has 0 N–H and O–H groups in total. The number of amides is 1. The lowest BCUT2D eigenvalue weighted by Crippen LogP contribution is -2.41. The van der Waals surface area contributed by atoms with E-state index in [1.807, 2.05) is 35.2 Å². The van der Waals surface area contributed by atoms with Gasteiger partial charge in [-0.2, -0.15) is 5.26 Å². The molecule has 0 aliphatic carbocycles. The number of pyridine rings is 1. The molecule has 2 heterocycles. The fourth-order valence-electron chi connectivity index (χ4n) is 3.40. The number of ether oxygens (including phenoxy) is 1. The molecule has 5 nitrogen and oxygen atoms in total. The lowest BCUT2D eigenvalue weighted by Gasteiger charge is -2.32. The minimum atomic E-state index is 0.00441. The van der Waals surface area contributed by atoms with Crippen molar-refractivity contribution in [3.8, 4) is 11.8 Å². The number of hydrogen-bond acceptors (Lipinski definition) is 4. The molecule has 0 bridgehead atoms. The van der Waals surface area contributed by atoms with Gasteiger partial charge in [-0.3, -0.25) is 9.78 Å². The maximum atomic E-state index is 12.6. The summed E-state index contributed by atoms with van der Waals surface area (Å²) in [6, 6.07) is 18.7. The lowest BCUT2D eigenvalue weighted by atomic mass is 10.1. The molecule has 0 spiro atoms. The predicted molar refractivity (Wildman–Crippen MR) is 102 cm³/mol. The van der Waals surface area contributed by atoms with E-state index in [1.165, 1.54) is 0 Å². The van der Waals surface area contributed by atoms with Gasteiger partial charge in [0, 0.05) is 43.1 Å². The molecule has 1 aliphatic heterocycles. The number of benzene rings is 2. The predicted octanol–water partition coefficient (Wildman–Crippen LogP) is 3.79. The van der Waals surface area contributed by atoms with E-state index >= 15 is 0 Å². The zero-order valence-corrected chi connectivity index (χ0v) is 14.8. The Balaban J connectivity index is 1.40. The molecular formula is C22H19N3O2. The summed E-state index contributed by atoms with van der Waals surface area (Å²) in [5.74, 6) is 0.801. The highest BCUT2D eigenvalue weighted by atomic mass is 16.5. The first-order valence-corrected chi connectivity index (χ1v) is 9.04. The van der Waals surface area contributed by atoms with Gasteiger partial charge in [-0.05, 0) is 36.4 Å². The topological polar surface area (TPSA) is 66.2 Å². The van der Waals surface area contributed by atoms with Crippen LogP contribution in [0.2, 0.25) is 0 Å². The van der Waals surface area contributed by atoms with Gasteiger partial charge >= 0.3 is 0 Å². The molecule has 134 valence electrons. The number of nitriles is 1. The van der Waals surface area contributed by atoms with Crippen molar-refractivity contribution in [3.63, 3.8) is 0 Å². The third-order valence-corrected chi connectivity index (χ3v) is 4.88. The van der Waals surface area contributed by atoms with Crippen molar-refractivity contribution >= 4 is 16.8 Å².